The van der Waals surface area contributed by atoms with Crippen LogP contribution in [-0.2, 0) is 12.2 Å². The van der Waals surface area contributed by atoms with E-state index in [4.69, 9.17) is 0 Å². The molecule has 32 heavy (non-hydrogen) atoms. The first-order chi connectivity index (χ1) is 15.1. The molecule has 3 rings (SSSR count). The van der Waals surface area contributed by atoms with Gasteiger partial charge in [0.25, 0.3) is 0 Å². The predicted octanol–water partition coefficient (Wildman–Crippen LogP) is 8.41. The van der Waals surface area contributed by atoms with E-state index in [1.165, 1.54) is 17.7 Å². The maximum Gasteiger partial charge on any atom is 0.194 e. The zero-order chi connectivity index (χ0) is 23.5. The Labute approximate surface area is 187 Å². The molecule has 0 atom stereocenters. The molecule has 0 aliphatic rings. The van der Waals surface area contributed by atoms with Crippen LogP contribution >= 0.6 is 10.0 Å². The zero-order valence-corrected chi connectivity index (χ0v) is 19.3. The van der Waals surface area contributed by atoms with E-state index in [2.05, 4.69) is 6.92 Å². The molecule has 6 heteroatoms. The van der Waals surface area contributed by atoms with Gasteiger partial charge in [-0.2, -0.15) is 0 Å². The van der Waals surface area contributed by atoms with Gasteiger partial charge in [-0.05, 0) is 71.9 Å². The quantitative estimate of drug-likeness (QED) is 0.178. The molecule has 0 saturated heterocycles. The van der Waals surface area contributed by atoms with E-state index in [9.17, 15) is 13.2 Å². The minimum absolute atomic E-state index is 0.0146. The fourth-order valence-corrected chi connectivity index (χ4v) is 6.20. The molecule has 0 unspecified atom stereocenters. The number of hydrogen-bond acceptors (Lipinski definition) is 0. The van der Waals surface area contributed by atoms with E-state index in [-0.39, 0.29) is 16.2 Å². The fraction of sp³-hybridized carbons (Fsp3) is 0.308. The van der Waals surface area contributed by atoms with Gasteiger partial charge in [0.15, 0.2) is 17.5 Å². The minimum Gasteiger partial charge on any atom is -0.211 e. The van der Waals surface area contributed by atoms with Crippen molar-refractivity contribution in [1.29, 1.82) is 0 Å². The Hall–Kier alpha value is -2.34. The van der Waals surface area contributed by atoms with Crippen molar-refractivity contribution in [1.82, 2.24) is 0 Å². The van der Waals surface area contributed by atoms with Gasteiger partial charge in [-0.25, -0.2) is 32.0 Å². The summed E-state index contributed by atoms with van der Waals surface area (Å²) in [7, 11) is -2.15. The first-order valence-corrected chi connectivity index (χ1v) is 13.2. The van der Waals surface area contributed by atoms with Crippen molar-refractivity contribution >= 4 is 10.0 Å². The molecule has 0 radical (unpaired) electrons. The van der Waals surface area contributed by atoms with Gasteiger partial charge in [-0.15, -0.1) is 0 Å². The van der Waals surface area contributed by atoms with E-state index in [0.29, 0.717) is 11.1 Å². The molecule has 0 heterocycles. The molecule has 0 aromatic heterocycles. The second kappa shape index (κ2) is 10.1. The Kier molecular flexibility index (Phi) is 7.65. The van der Waals surface area contributed by atoms with Crippen LogP contribution in [-0.4, -0.2) is 12.5 Å². The van der Waals surface area contributed by atoms with Crippen molar-refractivity contribution in [2.24, 2.45) is 0 Å². The van der Waals surface area contributed by atoms with E-state index in [0.717, 1.165) is 37.8 Å². The number of rotatable bonds is 8. The van der Waals surface area contributed by atoms with Crippen LogP contribution in [0.15, 0.2) is 53.4 Å². The van der Waals surface area contributed by atoms with Gasteiger partial charge >= 0.3 is 0 Å². The smallest absolute Gasteiger partial charge is 0.194 e. The van der Waals surface area contributed by atoms with Crippen LogP contribution in [0.1, 0.15) is 37.3 Å². The molecular weight excluding hydrogens is 439 g/mol. The number of benzene rings is 3. The highest BCUT2D eigenvalue weighted by Crippen LogP contribution is 2.54. The second-order valence-electron chi connectivity index (χ2n) is 8.48. The molecule has 0 amide bonds. The van der Waals surface area contributed by atoms with Gasteiger partial charge < -0.3 is 0 Å². The fourth-order valence-electron chi connectivity index (χ4n) is 3.88. The Morgan fingerprint density at radius 2 is 1.22 bits per heavy atom. The van der Waals surface area contributed by atoms with Crippen LogP contribution in [0.3, 0.4) is 0 Å². The van der Waals surface area contributed by atoms with Crippen LogP contribution in [0.25, 0.3) is 11.1 Å². The van der Waals surface area contributed by atoms with E-state index >= 15 is 8.78 Å². The minimum atomic E-state index is -2.15. The summed E-state index contributed by atoms with van der Waals surface area (Å²) in [6.45, 7) is 2.15. The summed E-state index contributed by atoms with van der Waals surface area (Å²) in [5, 5.41) is 0. The lowest BCUT2D eigenvalue weighted by molar-refractivity contribution is 0.446. The van der Waals surface area contributed by atoms with Crippen molar-refractivity contribution in [3.8, 4) is 11.1 Å². The molecule has 0 bridgehead atoms. The normalized spacial score (nSPS) is 12.2. The molecule has 3 aromatic carbocycles. The molecule has 0 aliphatic heterocycles. The summed E-state index contributed by atoms with van der Waals surface area (Å²) >= 11 is 0. The van der Waals surface area contributed by atoms with Crippen LogP contribution in [0.2, 0.25) is 0 Å². The molecule has 0 saturated carbocycles. The van der Waals surface area contributed by atoms with E-state index in [1.807, 2.05) is 24.3 Å². The number of aryl methyl sites for hydroxylation is 1. The predicted molar refractivity (Wildman–Crippen MR) is 123 cm³/mol. The van der Waals surface area contributed by atoms with Crippen LogP contribution in [0.5, 0.6) is 0 Å². The molecule has 0 spiro atoms. The summed E-state index contributed by atoms with van der Waals surface area (Å²) in [4.78, 5) is -0.0948. The molecule has 172 valence electrons. The Morgan fingerprint density at radius 1 is 0.656 bits per heavy atom. The SMILES string of the molecule is CCCCCc1ccc(-c2cc(F)c(S(C)(C)Cc3cc(F)c(F)c(F)c3)c(F)c2)cc1. The van der Waals surface area contributed by atoms with E-state index < -0.39 is 39.1 Å². The van der Waals surface area contributed by atoms with Crippen LogP contribution < -0.4 is 0 Å². The van der Waals surface area contributed by atoms with Gasteiger partial charge in [0.2, 0.25) is 0 Å². The maximum atomic E-state index is 15.1. The van der Waals surface area contributed by atoms with Crippen LogP contribution in [0, 0.1) is 29.1 Å². The van der Waals surface area contributed by atoms with Gasteiger partial charge in [0, 0.05) is 5.75 Å². The van der Waals surface area contributed by atoms with Crippen LogP contribution in [0.4, 0.5) is 22.0 Å². The summed E-state index contributed by atoms with van der Waals surface area (Å²) in [5.74, 6) is -5.57. The first-order valence-electron chi connectivity index (χ1n) is 10.5. The molecule has 0 N–H and O–H groups in total. The molecule has 0 nitrogen and oxygen atoms in total. The van der Waals surface area contributed by atoms with Gasteiger partial charge in [-0.1, -0.05) is 44.0 Å². The van der Waals surface area contributed by atoms with Crippen molar-refractivity contribution in [2.45, 2.75) is 43.3 Å². The molecule has 0 fully saturated rings. The highest BCUT2D eigenvalue weighted by Gasteiger charge is 2.26. The van der Waals surface area contributed by atoms with E-state index in [1.54, 1.807) is 12.5 Å². The standard InChI is InChI=1S/C26H27F5S/c1-4-5-6-7-17-8-10-19(11-9-17)20-14-23(29)26(24(30)15-20)32(2,3)16-18-12-21(27)25(31)22(28)13-18/h8-15H,4-7,16H2,1-3H3. The lowest BCUT2D eigenvalue weighted by Gasteiger charge is -2.32. The number of hydrogen-bond donors (Lipinski definition) is 0. The maximum absolute atomic E-state index is 15.1. The third-order valence-corrected chi connectivity index (χ3v) is 8.03. The van der Waals surface area contributed by atoms with Gasteiger partial charge in [-0.3, -0.25) is 0 Å². The van der Waals surface area contributed by atoms with Crippen molar-refractivity contribution < 1.29 is 22.0 Å². The molecule has 0 aliphatic carbocycles. The largest absolute Gasteiger partial charge is 0.211 e. The van der Waals surface area contributed by atoms with Gasteiger partial charge in [0.05, 0.1) is 4.90 Å². The topological polar surface area (TPSA) is 0 Å². The second-order valence-corrected chi connectivity index (χ2v) is 12.3. The molecule has 3 aromatic rings. The lowest BCUT2D eigenvalue weighted by Crippen LogP contribution is -2.07. The molecular formula is C26H27F5S. The lowest BCUT2D eigenvalue weighted by atomic mass is 10.0. The van der Waals surface area contributed by atoms with Gasteiger partial charge in [0.1, 0.15) is 11.6 Å². The average molecular weight is 467 g/mol. The Morgan fingerprint density at radius 3 is 1.75 bits per heavy atom. The van der Waals surface area contributed by atoms with Crippen molar-refractivity contribution in [2.75, 3.05) is 12.5 Å². The third-order valence-electron chi connectivity index (χ3n) is 5.48. The summed E-state index contributed by atoms with van der Waals surface area (Å²) in [6.07, 6.45) is 7.71. The summed E-state index contributed by atoms with van der Waals surface area (Å²) in [6, 6.07) is 12.0. The first kappa shape index (κ1) is 24.3. The van der Waals surface area contributed by atoms with Crippen molar-refractivity contribution in [3.63, 3.8) is 0 Å². The average Bonchev–Trinajstić information content (AvgIpc) is 2.71. The number of halogens is 5. The Bertz CT molecular complexity index is 1040. The highest BCUT2D eigenvalue weighted by atomic mass is 32.3. The summed E-state index contributed by atoms with van der Waals surface area (Å²) < 4.78 is 70.5. The monoisotopic (exact) mass is 466 g/mol. The zero-order valence-electron chi connectivity index (χ0n) is 18.5. The highest BCUT2D eigenvalue weighted by molar-refractivity contribution is 8.32. The van der Waals surface area contributed by atoms with Crippen molar-refractivity contribution in [3.05, 3.63) is 88.7 Å². The summed E-state index contributed by atoms with van der Waals surface area (Å²) in [5.41, 5.74) is 2.48. The third kappa shape index (κ3) is 5.52. The number of unbranched alkanes of at least 4 members (excludes halogenated alkanes) is 2. The Balaban J connectivity index is 1.86.